The number of hydrogen-bond donors (Lipinski definition) is 10. The summed E-state index contributed by atoms with van der Waals surface area (Å²) in [7, 11) is 0. The van der Waals surface area contributed by atoms with Crippen LogP contribution in [0.2, 0.25) is 0 Å². The van der Waals surface area contributed by atoms with Gasteiger partial charge in [0.1, 0.15) is 28.9 Å². The topological polar surface area (TPSA) is 363 Å². The van der Waals surface area contributed by atoms with E-state index in [1.807, 2.05) is 30.3 Å². The molecule has 0 aromatic heterocycles. The Labute approximate surface area is 520 Å². The van der Waals surface area contributed by atoms with Crippen LogP contribution in [-0.4, -0.2) is 117 Å². The molecule has 1 aliphatic heterocycles. The molecule has 0 fully saturated rings. The molecule has 23 nitrogen and oxygen atoms in total. The Kier molecular flexibility index (Phi) is 24.5. The Bertz CT molecular complexity index is 3770. The van der Waals surface area contributed by atoms with E-state index in [2.05, 4.69) is 36.6 Å². The number of phenolic OH excluding ortho intramolecular Hbond substituents is 1. The summed E-state index contributed by atoms with van der Waals surface area (Å²) in [4.78, 5) is 141. The third-order valence-electron chi connectivity index (χ3n) is 14.6. The first-order valence-electron chi connectivity index (χ1n) is 28.7. The lowest BCUT2D eigenvalue weighted by Gasteiger charge is -2.23. The average Bonchev–Trinajstić information content (AvgIpc) is 0.771. The quantitative estimate of drug-likeness (QED) is 0.00639. The number of rotatable bonds is 34. The number of carbonyl (C=O) groups excluding carboxylic acids is 7. The first-order valence-corrected chi connectivity index (χ1v) is 29.1. The van der Waals surface area contributed by atoms with E-state index in [0.717, 1.165) is 16.7 Å². The molecule has 1 heterocycles. The molecule has 24 heteroatoms. The number of Topliss-reactive ketones (excluding diaryl/α,β-unsaturated/α-hetero) is 3. The van der Waals surface area contributed by atoms with Crippen molar-refractivity contribution in [3.8, 4) is 28.2 Å². The lowest BCUT2D eigenvalue weighted by molar-refractivity contribution is -0.141. The number of thiocarbonyl (C=S) groups is 1. The van der Waals surface area contributed by atoms with Crippen molar-refractivity contribution in [3.63, 3.8) is 0 Å². The van der Waals surface area contributed by atoms with Gasteiger partial charge in [0.15, 0.2) is 28.3 Å². The largest absolute Gasteiger partial charge is 0.508 e. The fourth-order valence-corrected chi connectivity index (χ4v) is 10.4. The van der Waals surface area contributed by atoms with Crippen molar-refractivity contribution < 1.29 is 77.5 Å². The average molecular weight is 1250 g/mol. The molecule has 5 aromatic rings. The summed E-state index contributed by atoms with van der Waals surface area (Å²) in [6.45, 7) is -0.385. The molecule has 10 N–H and O–H groups in total. The van der Waals surface area contributed by atoms with E-state index < -0.39 is 90.4 Å². The summed E-state index contributed by atoms with van der Waals surface area (Å²) in [5, 5.41) is 55.9. The van der Waals surface area contributed by atoms with Crippen LogP contribution in [-0.2, 0) is 62.4 Å². The number of nitrogens with one attached hydrogen (secondary N) is 6. The van der Waals surface area contributed by atoms with Crippen molar-refractivity contribution in [2.75, 3.05) is 18.4 Å². The van der Waals surface area contributed by atoms with Crippen LogP contribution in [0.4, 0.5) is 10.5 Å². The predicted molar refractivity (Wildman–Crippen MR) is 333 cm³/mol. The number of aromatic hydroxyl groups is 1. The van der Waals surface area contributed by atoms with E-state index in [-0.39, 0.29) is 127 Å². The van der Waals surface area contributed by atoms with Gasteiger partial charge in [0.2, 0.25) is 11.8 Å². The smallest absolute Gasteiger partial charge is 0.336 e. The van der Waals surface area contributed by atoms with E-state index in [0.29, 0.717) is 16.5 Å². The van der Waals surface area contributed by atoms with Gasteiger partial charge >= 0.3 is 23.9 Å². The Morgan fingerprint density at radius 3 is 1.86 bits per heavy atom. The Balaban J connectivity index is 0.962. The Morgan fingerprint density at radius 2 is 1.23 bits per heavy atom. The molecular formula is C66H66N6O17S. The Hall–Kier alpha value is -10.6. The molecule has 0 saturated carbocycles. The predicted octanol–water partition coefficient (Wildman–Crippen LogP) is 6.98. The number of amides is 4. The van der Waals surface area contributed by atoms with Gasteiger partial charge < -0.3 is 61.5 Å². The van der Waals surface area contributed by atoms with Crippen molar-refractivity contribution in [1.29, 1.82) is 0 Å². The molecule has 2 aliphatic rings. The highest BCUT2D eigenvalue weighted by molar-refractivity contribution is 7.80. The summed E-state index contributed by atoms with van der Waals surface area (Å²) < 4.78 is 10.6. The number of urea groups is 1. The van der Waals surface area contributed by atoms with Crippen LogP contribution in [0.25, 0.3) is 33.4 Å². The van der Waals surface area contributed by atoms with E-state index in [4.69, 9.17) is 21.7 Å². The van der Waals surface area contributed by atoms with Gasteiger partial charge in [-0.2, -0.15) is 0 Å². The number of ether oxygens (including phenoxy) is 1. The lowest BCUT2D eigenvalue weighted by Crippen LogP contribution is -2.49. The van der Waals surface area contributed by atoms with E-state index >= 15 is 0 Å². The zero-order valence-electron chi connectivity index (χ0n) is 48.5. The van der Waals surface area contributed by atoms with Gasteiger partial charge in [0.05, 0.1) is 24.6 Å². The molecule has 0 bridgehead atoms. The Morgan fingerprint density at radius 1 is 0.611 bits per heavy atom. The van der Waals surface area contributed by atoms with Gasteiger partial charge in [-0.1, -0.05) is 97.1 Å². The highest BCUT2D eigenvalue weighted by atomic mass is 32.1. The molecular weight excluding hydrogens is 1180 g/mol. The van der Waals surface area contributed by atoms with E-state index in [1.54, 1.807) is 78.9 Å². The zero-order valence-corrected chi connectivity index (χ0v) is 49.3. The molecule has 4 amide bonds. The summed E-state index contributed by atoms with van der Waals surface area (Å²) in [6.07, 6.45) is -2.99. The summed E-state index contributed by atoms with van der Waals surface area (Å²) in [6, 6.07) is 36.3. The number of benzene rings is 6. The van der Waals surface area contributed by atoms with Crippen LogP contribution in [0.1, 0.15) is 78.4 Å². The number of aromatic carboxylic acids is 1. The lowest BCUT2D eigenvalue weighted by atomic mass is 9.89. The second-order valence-corrected chi connectivity index (χ2v) is 21.7. The van der Waals surface area contributed by atoms with Crippen LogP contribution in [0.5, 0.6) is 5.75 Å². The maximum atomic E-state index is 14.6. The first kappa shape index (κ1) is 66.9. The number of carboxylic acid groups (broad SMARTS) is 3. The molecule has 468 valence electrons. The van der Waals surface area contributed by atoms with Crippen LogP contribution >= 0.6 is 12.2 Å². The normalized spacial score (nSPS) is 12.6. The fourth-order valence-electron chi connectivity index (χ4n) is 10.1. The molecule has 90 heavy (non-hydrogen) atoms. The minimum atomic E-state index is -1.59. The van der Waals surface area contributed by atoms with Gasteiger partial charge in [-0.05, 0) is 103 Å². The molecule has 0 radical (unpaired) electrons. The summed E-state index contributed by atoms with van der Waals surface area (Å²) in [5.41, 5.74) is 3.39. The number of carbonyl (C=O) groups is 10. The van der Waals surface area contributed by atoms with Crippen molar-refractivity contribution >= 4 is 93.6 Å². The molecule has 7 rings (SSSR count). The van der Waals surface area contributed by atoms with Gasteiger partial charge in [-0.15, -0.1) is 0 Å². The van der Waals surface area contributed by atoms with Gasteiger partial charge in [-0.25, -0.2) is 14.4 Å². The number of phenols is 1. The van der Waals surface area contributed by atoms with Crippen LogP contribution in [0.3, 0.4) is 0 Å². The molecule has 1 aliphatic carbocycles. The fraction of sp³-hybridized carbons (Fsp3) is 0.273. The first-order chi connectivity index (χ1) is 43.2. The second-order valence-electron chi connectivity index (χ2n) is 21.3. The minimum Gasteiger partial charge on any atom is -0.508 e. The third kappa shape index (κ3) is 20.2. The maximum absolute atomic E-state index is 14.6. The summed E-state index contributed by atoms with van der Waals surface area (Å²) in [5.74, 6) is -8.15. The van der Waals surface area contributed by atoms with E-state index in [1.165, 1.54) is 36.4 Å². The van der Waals surface area contributed by atoms with Crippen molar-refractivity contribution in [3.05, 3.63) is 178 Å². The highest BCUT2D eigenvalue weighted by Crippen LogP contribution is 2.42. The van der Waals surface area contributed by atoms with Crippen molar-refractivity contribution in [2.24, 2.45) is 11.8 Å². The van der Waals surface area contributed by atoms with Crippen LogP contribution in [0.15, 0.2) is 155 Å². The monoisotopic (exact) mass is 1250 g/mol. The number of carboxylic acids is 3. The second kappa shape index (κ2) is 32.9. The zero-order chi connectivity index (χ0) is 64.7. The number of aliphatic carboxylic acids is 2. The molecule has 0 unspecified atom stereocenters. The van der Waals surface area contributed by atoms with Gasteiger partial charge in [-0.3, -0.25) is 38.4 Å². The summed E-state index contributed by atoms with van der Waals surface area (Å²) >= 11 is 5.76. The minimum absolute atomic E-state index is 0.00681. The molecule has 0 saturated heterocycles. The number of anilines is 1. The van der Waals surface area contributed by atoms with E-state index in [9.17, 15) is 68.1 Å². The molecule has 0 spiro atoms. The van der Waals surface area contributed by atoms with Gasteiger partial charge in [0.25, 0.3) is 6.47 Å². The SMILES string of the molecule is O=CO[C@H](CCC(=O)O)NC(=O)N[C@@H](CCC(=O)C[C@@H](Cc1ccccc1)C(=O)NCCCC(=O)CNC(=O)[C@@H](CC(=O)[C@H](Cc1ccccc1)NC(=S)Nc1ccc(-c2c3ccc(=O)cc-3oc3cc(O)ccc23)c(C(=O)O)c1)Cc1ccccc1)C(=O)O. The number of ketones is 3. The maximum Gasteiger partial charge on any atom is 0.336 e. The number of fused-ring (bicyclic) bond motifs is 2. The number of hydrogen-bond acceptors (Lipinski definition) is 15. The van der Waals surface area contributed by atoms with Crippen LogP contribution < -0.4 is 37.3 Å². The van der Waals surface area contributed by atoms with Crippen molar-refractivity contribution in [1.82, 2.24) is 26.6 Å². The third-order valence-corrected chi connectivity index (χ3v) is 14.8. The van der Waals surface area contributed by atoms with Crippen molar-refractivity contribution in [2.45, 2.75) is 88.9 Å². The molecule has 5 aromatic carbocycles. The van der Waals surface area contributed by atoms with Crippen LogP contribution in [0, 0.1) is 11.8 Å². The standard InChI is InChI=1S/C66H66N6O17S/c73-38-88-58(26-27-59(79)80)72-65(87)70-53(64(85)86)25-21-45(74)32-42(29-39-11-4-1-5-12-39)61(81)67-28-10-17-48(77)37-68-62(82)43(30-40-13-6-2-7-14-40)33-55(78)54(31-41-15-8-3-9-16-41)71-66(90)69-44-18-22-49(52(34-44)63(83)84)60-50-23-19-46(75)35-56(50)89-57-36-47(76)20-24-51(57)60/h1-9,11-16,18-20,22-24,34-36,38,42-43,53-54,58,75H,10,17,21,25-33,37H2,(H,67,81)(H,68,82)(H,79,80)(H,83,84)(H,85,86)(H2,69,71,90)(H2,70,72,87)/t42-,43-,53+,54+,58-/m1/s1. The molecule has 5 atom stereocenters. The van der Waals surface area contributed by atoms with Gasteiger partial charge in [0, 0.05) is 84.8 Å². The highest BCUT2D eigenvalue weighted by Gasteiger charge is 2.30.